The lowest BCUT2D eigenvalue weighted by molar-refractivity contribution is -0.121. The van der Waals surface area contributed by atoms with Gasteiger partial charge in [-0.25, -0.2) is 4.79 Å². The van der Waals surface area contributed by atoms with Gasteiger partial charge in [0.05, 0.1) is 13.1 Å². The van der Waals surface area contributed by atoms with Crippen LogP contribution in [0.4, 0.5) is 9.18 Å². The maximum absolute atomic E-state index is 12.4. The molecule has 0 fully saturated rings. The summed E-state index contributed by atoms with van der Waals surface area (Å²) >= 11 is 0. The lowest BCUT2D eigenvalue weighted by Crippen LogP contribution is -2.50. The van der Waals surface area contributed by atoms with Crippen LogP contribution in [0.25, 0.3) is 0 Å². The summed E-state index contributed by atoms with van der Waals surface area (Å²) in [6.07, 6.45) is 6.96. The Morgan fingerprint density at radius 1 is 0.962 bits per heavy atom. The summed E-state index contributed by atoms with van der Waals surface area (Å²) in [6.45, 7) is 9.69. The Hall–Kier alpha value is -1.33. The van der Waals surface area contributed by atoms with Crippen molar-refractivity contribution in [3.8, 4) is 0 Å². The first-order valence-electron chi connectivity index (χ1n) is 10.0. The normalized spacial score (nSPS) is 11.9. The van der Waals surface area contributed by atoms with E-state index in [1.165, 1.54) is 0 Å². The Labute approximate surface area is 158 Å². The van der Waals surface area contributed by atoms with E-state index < -0.39 is 12.3 Å². The van der Waals surface area contributed by atoms with Gasteiger partial charge in [-0.2, -0.15) is 0 Å². The number of amides is 2. The van der Waals surface area contributed by atoms with Crippen molar-refractivity contribution in [3.63, 3.8) is 0 Å². The summed E-state index contributed by atoms with van der Waals surface area (Å²) in [5.74, 6) is -0.264. The molecule has 0 aromatic heterocycles. The van der Waals surface area contributed by atoms with Crippen LogP contribution >= 0.6 is 0 Å². The first-order valence-corrected chi connectivity index (χ1v) is 10.0. The van der Waals surface area contributed by atoms with Crippen LogP contribution in [0.3, 0.4) is 0 Å². The average Bonchev–Trinajstić information content (AvgIpc) is 2.53. The van der Waals surface area contributed by atoms with Gasteiger partial charge in [0.15, 0.2) is 0 Å². The molecule has 154 valence electrons. The van der Waals surface area contributed by atoms with E-state index in [1.807, 2.05) is 20.8 Å². The van der Waals surface area contributed by atoms with E-state index in [-0.39, 0.29) is 24.0 Å². The third-order valence-corrected chi connectivity index (χ3v) is 4.26. The van der Waals surface area contributed by atoms with Gasteiger partial charge in [0.1, 0.15) is 5.60 Å². The number of hydrogen-bond donors (Lipinski definition) is 2. The number of alkyl halides is 1. The van der Waals surface area contributed by atoms with Crippen LogP contribution in [0.15, 0.2) is 0 Å². The van der Waals surface area contributed by atoms with E-state index in [4.69, 9.17) is 4.74 Å². The molecule has 0 saturated carbocycles. The fourth-order valence-corrected chi connectivity index (χ4v) is 2.94. The zero-order valence-electron chi connectivity index (χ0n) is 17.4. The van der Waals surface area contributed by atoms with Crippen LogP contribution in [-0.2, 0) is 9.53 Å². The first kappa shape index (κ1) is 24.7. The quantitative estimate of drug-likeness (QED) is 0.451. The minimum Gasteiger partial charge on any atom is -0.444 e. The molecule has 0 heterocycles. The minimum absolute atomic E-state index is 0.0903. The SMILES string of the molecule is CCCCC(CCCC)(CCCNC(=O)CCF)NC(=O)OC(C)(C)C. The number of carbonyl (C=O) groups is 2. The Bertz CT molecular complexity index is 400. The first-order chi connectivity index (χ1) is 12.2. The van der Waals surface area contributed by atoms with Gasteiger partial charge in [-0.05, 0) is 46.5 Å². The van der Waals surface area contributed by atoms with Crippen molar-refractivity contribution in [2.45, 2.75) is 104 Å². The van der Waals surface area contributed by atoms with E-state index in [9.17, 15) is 14.0 Å². The van der Waals surface area contributed by atoms with Crippen molar-refractivity contribution in [3.05, 3.63) is 0 Å². The Kier molecular flexibility index (Phi) is 12.3. The highest BCUT2D eigenvalue weighted by Gasteiger charge is 2.32. The molecule has 26 heavy (non-hydrogen) atoms. The number of nitrogens with one attached hydrogen (secondary N) is 2. The molecule has 0 atom stereocenters. The van der Waals surface area contributed by atoms with Crippen molar-refractivity contribution in [1.82, 2.24) is 10.6 Å². The zero-order chi connectivity index (χ0) is 20.1. The van der Waals surface area contributed by atoms with Gasteiger partial charge in [-0.15, -0.1) is 0 Å². The van der Waals surface area contributed by atoms with Gasteiger partial charge in [-0.1, -0.05) is 39.5 Å². The molecule has 5 nitrogen and oxygen atoms in total. The van der Waals surface area contributed by atoms with Gasteiger partial charge in [0.2, 0.25) is 5.91 Å². The van der Waals surface area contributed by atoms with E-state index in [2.05, 4.69) is 24.5 Å². The smallest absolute Gasteiger partial charge is 0.408 e. The van der Waals surface area contributed by atoms with Crippen molar-refractivity contribution in [1.29, 1.82) is 0 Å². The summed E-state index contributed by atoms with van der Waals surface area (Å²) in [5, 5.41) is 5.87. The van der Waals surface area contributed by atoms with Gasteiger partial charge in [-0.3, -0.25) is 9.18 Å². The van der Waals surface area contributed by atoms with Gasteiger partial charge in [0, 0.05) is 12.1 Å². The monoisotopic (exact) mass is 374 g/mol. The summed E-state index contributed by atoms with van der Waals surface area (Å²) in [5.41, 5.74) is -0.856. The fourth-order valence-electron chi connectivity index (χ4n) is 2.94. The lowest BCUT2D eigenvalue weighted by Gasteiger charge is -2.36. The third kappa shape index (κ3) is 12.1. The van der Waals surface area contributed by atoms with Crippen molar-refractivity contribution >= 4 is 12.0 Å². The number of ether oxygens (including phenoxy) is 1. The van der Waals surface area contributed by atoms with Crippen LogP contribution < -0.4 is 10.6 Å². The Morgan fingerprint density at radius 3 is 1.96 bits per heavy atom. The second-order valence-corrected chi connectivity index (χ2v) is 8.01. The molecule has 0 spiro atoms. The van der Waals surface area contributed by atoms with Crippen LogP contribution in [0, 0.1) is 0 Å². The van der Waals surface area contributed by atoms with Crippen molar-refractivity contribution < 1.29 is 18.7 Å². The van der Waals surface area contributed by atoms with E-state index in [0.717, 1.165) is 51.4 Å². The highest BCUT2D eigenvalue weighted by Crippen LogP contribution is 2.27. The van der Waals surface area contributed by atoms with Crippen LogP contribution in [0.1, 0.15) is 92.4 Å². The largest absolute Gasteiger partial charge is 0.444 e. The van der Waals surface area contributed by atoms with E-state index in [1.54, 1.807) is 0 Å². The van der Waals surface area contributed by atoms with Crippen LogP contribution in [0.2, 0.25) is 0 Å². The van der Waals surface area contributed by atoms with E-state index >= 15 is 0 Å². The molecule has 0 radical (unpaired) electrons. The second kappa shape index (κ2) is 12.9. The average molecular weight is 375 g/mol. The molecular formula is C20H39FN2O3. The molecule has 0 saturated heterocycles. The van der Waals surface area contributed by atoms with Crippen LogP contribution in [-0.4, -0.2) is 36.4 Å². The highest BCUT2D eigenvalue weighted by atomic mass is 19.1. The summed E-state index contributed by atoms with van der Waals surface area (Å²) in [7, 11) is 0. The third-order valence-electron chi connectivity index (χ3n) is 4.26. The Morgan fingerprint density at radius 2 is 1.50 bits per heavy atom. The molecule has 6 heteroatoms. The molecular weight excluding hydrogens is 335 g/mol. The second-order valence-electron chi connectivity index (χ2n) is 8.01. The number of rotatable bonds is 13. The number of halogens is 1. The molecule has 0 aliphatic carbocycles. The zero-order valence-corrected chi connectivity index (χ0v) is 17.4. The predicted molar refractivity (Wildman–Crippen MR) is 104 cm³/mol. The molecule has 0 aromatic rings. The highest BCUT2D eigenvalue weighted by molar-refractivity contribution is 5.75. The number of carbonyl (C=O) groups excluding carboxylic acids is 2. The van der Waals surface area contributed by atoms with Crippen molar-refractivity contribution in [2.75, 3.05) is 13.2 Å². The van der Waals surface area contributed by atoms with Crippen molar-refractivity contribution in [2.24, 2.45) is 0 Å². The standard InChI is InChI=1S/C20H39FN2O3/c1-6-8-12-20(13-9-7-2,23-18(25)26-19(3,4)5)14-10-16-22-17(24)11-15-21/h6-16H2,1-5H3,(H,22,24)(H,23,25). The number of unbranched alkanes of at least 4 members (excludes halogenated alkanes) is 2. The maximum atomic E-state index is 12.4. The Balaban J connectivity index is 4.90. The maximum Gasteiger partial charge on any atom is 0.408 e. The van der Waals surface area contributed by atoms with E-state index in [0.29, 0.717) is 6.54 Å². The molecule has 0 bridgehead atoms. The molecule has 0 unspecified atom stereocenters. The molecule has 0 rings (SSSR count). The van der Waals surface area contributed by atoms with Gasteiger partial charge < -0.3 is 15.4 Å². The molecule has 0 aromatic carbocycles. The minimum atomic E-state index is -0.636. The van der Waals surface area contributed by atoms with Gasteiger partial charge in [0.25, 0.3) is 0 Å². The lowest BCUT2D eigenvalue weighted by atomic mass is 9.83. The fraction of sp³-hybridized carbons (Fsp3) is 0.900. The summed E-state index contributed by atoms with van der Waals surface area (Å²) in [6, 6.07) is 0. The van der Waals surface area contributed by atoms with Crippen LogP contribution in [0.5, 0.6) is 0 Å². The molecule has 2 N–H and O–H groups in total. The summed E-state index contributed by atoms with van der Waals surface area (Å²) in [4.78, 5) is 23.8. The van der Waals surface area contributed by atoms with Gasteiger partial charge >= 0.3 is 6.09 Å². The number of alkyl carbamates (subject to hydrolysis) is 1. The molecule has 0 aliphatic heterocycles. The molecule has 2 amide bonds. The molecule has 0 aliphatic rings. The topological polar surface area (TPSA) is 67.4 Å². The number of hydrogen-bond acceptors (Lipinski definition) is 3. The summed E-state index contributed by atoms with van der Waals surface area (Å²) < 4.78 is 17.6. The predicted octanol–water partition coefficient (Wildman–Crippen LogP) is 4.89.